The summed E-state index contributed by atoms with van der Waals surface area (Å²) in [6, 6.07) is 3.22. The van der Waals surface area contributed by atoms with Crippen molar-refractivity contribution < 1.29 is 14.8 Å². The average molecular weight is 287 g/mol. The van der Waals surface area contributed by atoms with Crippen LogP contribution in [0.4, 0.5) is 5.69 Å². The standard InChI is InChI=1S/C12H15ClN2O4/c1-7(2)11(6-16)14-12(17)9-5-8(15(18)19)3-4-10(9)13/h3-5,7,11,16H,6H2,1-2H3,(H,14,17). The molecule has 0 aliphatic heterocycles. The summed E-state index contributed by atoms with van der Waals surface area (Å²) < 4.78 is 0. The molecule has 2 N–H and O–H groups in total. The van der Waals surface area contributed by atoms with Gasteiger partial charge in [-0.05, 0) is 12.0 Å². The third kappa shape index (κ3) is 3.90. The summed E-state index contributed by atoms with van der Waals surface area (Å²) in [6.07, 6.45) is 0. The number of hydrogen-bond donors (Lipinski definition) is 2. The number of carbonyl (C=O) groups excluding carboxylic acids is 1. The summed E-state index contributed by atoms with van der Waals surface area (Å²) in [5.41, 5.74) is -0.186. The van der Waals surface area contributed by atoms with Gasteiger partial charge in [-0.25, -0.2) is 0 Å². The lowest BCUT2D eigenvalue weighted by molar-refractivity contribution is -0.384. The number of nitrogens with zero attached hydrogens (tertiary/aromatic N) is 1. The largest absolute Gasteiger partial charge is 0.394 e. The van der Waals surface area contributed by atoms with Crippen LogP contribution in [-0.4, -0.2) is 28.6 Å². The van der Waals surface area contributed by atoms with Crippen LogP contribution in [0.5, 0.6) is 0 Å². The molecule has 0 aliphatic rings. The fraction of sp³-hybridized carbons (Fsp3) is 0.417. The molecule has 0 spiro atoms. The van der Waals surface area contributed by atoms with Crippen LogP contribution in [-0.2, 0) is 0 Å². The van der Waals surface area contributed by atoms with E-state index < -0.39 is 16.9 Å². The highest BCUT2D eigenvalue weighted by Gasteiger charge is 2.20. The van der Waals surface area contributed by atoms with Gasteiger partial charge in [0.2, 0.25) is 0 Å². The van der Waals surface area contributed by atoms with Crippen LogP contribution < -0.4 is 5.32 Å². The molecule has 6 nitrogen and oxygen atoms in total. The molecular formula is C12H15ClN2O4. The Kier molecular flexibility index (Phi) is 5.26. The molecule has 1 rings (SSSR count). The smallest absolute Gasteiger partial charge is 0.270 e. The highest BCUT2D eigenvalue weighted by atomic mass is 35.5. The summed E-state index contributed by atoms with van der Waals surface area (Å²) in [4.78, 5) is 22.1. The first-order valence-electron chi connectivity index (χ1n) is 5.72. The number of amides is 1. The molecule has 7 heteroatoms. The van der Waals surface area contributed by atoms with Gasteiger partial charge in [0.1, 0.15) is 0 Å². The van der Waals surface area contributed by atoms with E-state index in [4.69, 9.17) is 16.7 Å². The minimum Gasteiger partial charge on any atom is -0.394 e. The van der Waals surface area contributed by atoms with Crippen LogP contribution in [0.15, 0.2) is 18.2 Å². The first kappa shape index (κ1) is 15.4. The van der Waals surface area contributed by atoms with Crippen molar-refractivity contribution in [3.63, 3.8) is 0 Å². The first-order valence-corrected chi connectivity index (χ1v) is 6.10. The molecular weight excluding hydrogens is 272 g/mol. The third-order valence-corrected chi connectivity index (χ3v) is 3.05. The predicted molar refractivity (Wildman–Crippen MR) is 71.3 cm³/mol. The molecule has 1 amide bonds. The van der Waals surface area contributed by atoms with E-state index in [2.05, 4.69) is 5.32 Å². The Labute approximate surface area is 115 Å². The Morgan fingerprint density at radius 1 is 1.53 bits per heavy atom. The van der Waals surface area contributed by atoms with Crippen molar-refractivity contribution in [2.75, 3.05) is 6.61 Å². The van der Waals surface area contributed by atoms with Crippen LogP contribution in [0.2, 0.25) is 5.02 Å². The van der Waals surface area contributed by atoms with Gasteiger partial charge in [0.05, 0.1) is 28.2 Å². The van der Waals surface area contributed by atoms with Crippen LogP contribution in [0.3, 0.4) is 0 Å². The molecule has 0 saturated heterocycles. The highest BCUT2D eigenvalue weighted by Crippen LogP contribution is 2.22. The molecule has 0 saturated carbocycles. The molecule has 104 valence electrons. The van der Waals surface area contributed by atoms with Crippen LogP contribution in [0.1, 0.15) is 24.2 Å². The third-order valence-electron chi connectivity index (χ3n) is 2.72. The zero-order valence-electron chi connectivity index (χ0n) is 10.6. The number of halogens is 1. The van der Waals surface area contributed by atoms with Crippen molar-refractivity contribution in [1.29, 1.82) is 0 Å². The fourth-order valence-electron chi connectivity index (χ4n) is 1.47. The Hall–Kier alpha value is -1.66. The van der Waals surface area contributed by atoms with Gasteiger partial charge in [-0.3, -0.25) is 14.9 Å². The van der Waals surface area contributed by atoms with E-state index in [1.165, 1.54) is 12.1 Å². The van der Waals surface area contributed by atoms with E-state index in [0.717, 1.165) is 6.07 Å². The Morgan fingerprint density at radius 3 is 2.63 bits per heavy atom. The molecule has 0 aliphatic carbocycles. The molecule has 1 atom stereocenters. The van der Waals surface area contributed by atoms with Crippen molar-refractivity contribution in [1.82, 2.24) is 5.32 Å². The van der Waals surface area contributed by atoms with Gasteiger partial charge >= 0.3 is 0 Å². The summed E-state index contributed by atoms with van der Waals surface area (Å²) in [5.74, 6) is -0.507. The lowest BCUT2D eigenvalue weighted by atomic mass is 10.0. The van der Waals surface area contributed by atoms with E-state index in [-0.39, 0.29) is 28.8 Å². The summed E-state index contributed by atoms with van der Waals surface area (Å²) in [7, 11) is 0. The molecule has 1 aromatic carbocycles. The van der Waals surface area contributed by atoms with Crippen LogP contribution >= 0.6 is 11.6 Å². The number of non-ortho nitro benzene ring substituents is 1. The van der Waals surface area contributed by atoms with Gasteiger partial charge in [-0.2, -0.15) is 0 Å². The maximum absolute atomic E-state index is 12.0. The van der Waals surface area contributed by atoms with E-state index in [9.17, 15) is 14.9 Å². The molecule has 0 radical (unpaired) electrons. The Bertz CT molecular complexity index is 491. The number of nitrogens with one attached hydrogen (secondary N) is 1. The van der Waals surface area contributed by atoms with Gasteiger partial charge in [-0.1, -0.05) is 25.4 Å². The average Bonchev–Trinajstić information content (AvgIpc) is 2.35. The predicted octanol–water partition coefficient (Wildman–Crippen LogP) is 1.99. The fourth-order valence-corrected chi connectivity index (χ4v) is 1.67. The number of benzene rings is 1. The topological polar surface area (TPSA) is 92.5 Å². The highest BCUT2D eigenvalue weighted by molar-refractivity contribution is 6.33. The molecule has 0 fully saturated rings. The van der Waals surface area contributed by atoms with Crippen molar-refractivity contribution >= 4 is 23.2 Å². The molecule has 19 heavy (non-hydrogen) atoms. The summed E-state index contributed by atoms with van der Waals surface area (Å²) >= 11 is 5.86. The number of nitro benzene ring substituents is 1. The number of nitro groups is 1. The zero-order chi connectivity index (χ0) is 14.6. The quantitative estimate of drug-likeness (QED) is 0.639. The molecule has 0 heterocycles. The number of rotatable bonds is 5. The van der Waals surface area contributed by atoms with Gasteiger partial charge in [-0.15, -0.1) is 0 Å². The van der Waals surface area contributed by atoms with Gasteiger partial charge in [0.25, 0.3) is 11.6 Å². The van der Waals surface area contributed by atoms with Crippen molar-refractivity contribution in [3.05, 3.63) is 38.9 Å². The number of carbonyl (C=O) groups is 1. The molecule has 0 aromatic heterocycles. The number of aliphatic hydroxyl groups excluding tert-OH is 1. The second-order valence-electron chi connectivity index (χ2n) is 4.43. The van der Waals surface area contributed by atoms with E-state index in [1.54, 1.807) is 0 Å². The van der Waals surface area contributed by atoms with E-state index in [1.807, 2.05) is 13.8 Å². The van der Waals surface area contributed by atoms with Crippen molar-refractivity contribution in [2.45, 2.75) is 19.9 Å². The van der Waals surface area contributed by atoms with Crippen molar-refractivity contribution in [3.8, 4) is 0 Å². The summed E-state index contributed by atoms with van der Waals surface area (Å²) in [5, 5.41) is 22.5. The lowest BCUT2D eigenvalue weighted by Crippen LogP contribution is -2.41. The lowest BCUT2D eigenvalue weighted by Gasteiger charge is -2.20. The van der Waals surface area contributed by atoms with Crippen LogP contribution in [0.25, 0.3) is 0 Å². The molecule has 1 unspecified atom stereocenters. The summed E-state index contributed by atoms with van der Waals surface area (Å²) in [6.45, 7) is 3.47. The SMILES string of the molecule is CC(C)C(CO)NC(=O)c1cc([N+](=O)[O-])ccc1Cl. The Morgan fingerprint density at radius 2 is 2.16 bits per heavy atom. The maximum Gasteiger partial charge on any atom is 0.270 e. The number of hydrogen-bond acceptors (Lipinski definition) is 4. The monoisotopic (exact) mass is 286 g/mol. The zero-order valence-corrected chi connectivity index (χ0v) is 11.3. The minimum atomic E-state index is -0.598. The Balaban J connectivity index is 2.99. The first-order chi connectivity index (χ1) is 8.86. The molecule has 1 aromatic rings. The normalized spacial score (nSPS) is 12.3. The van der Waals surface area contributed by atoms with Crippen LogP contribution in [0, 0.1) is 16.0 Å². The second-order valence-corrected chi connectivity index (χ2v) is 4.84. The van der Waals surface area contributed by atoms with Gasteiger partial charge in [0, 0.05) is 12.1 Å². The molecule has 0 bridgehead atoms. The van der Waals surface area contributed by atoms with Crippen molar-refractivity contribution in [2.24, 2.45) is 5.92 Å². The van der Waals surface area contributed by atoms with E-state index >= 15 is 0 Å². The maximum atomic E-state index is 12.0. The minimum absolute atomic E-state index is 0.0231. The number of aliphatic hydroxyl groups is 1. The van der Waals surface area contributed by atoms with Gasteiger partial charge < -0.3 is 10.4 Å². The van der Waals surface area contributed by atoms with Gasteiger partial charge in [0.15, 0.2) is 0 Å². The second kappa shape index (κ2) is 6.49. The van der Waals surface area contributed by atoms with E-state index in [0.29, 0.717) is 0 Å².